The lowest BCUT2D eigenvalue weighted by molar-refractivity contribution is -0.118. The Labute approximate surface area is 183 Å². The predicted octanol–water partition coefficient (Wildman–Crippen LogP) is 5.03. The van der Waals surface area contributed by atoms with Crippen LogP contribution in [-0.4, -0.2) is 17.5 Å². The van der Waals surface area contributed by atoms with E-state index in [1.54, 1.807) is 42.5 Å². The van der Waals surface area contributed by atoms with Gasteiger partial charge in [0.05, 0.1) is 10.9 Å². The summed E-state index contributed by atoms with van der Waals surface area (Å²) < 4.78 is 11.0. The summed E-state index contributed by atoms with van der Waals surface area (Å²) in [5, 5.41) is 5.37. The Balaban J connectivity index is 1.30. The average molecular weight is 422 g/mol. The first-order chi connectivity index (χ1) is 15.7. The molecule has 0 spiro atoms. The van der Waals surface area contributed by atoms with E-state index in [9.17, 15) is 9.59 Å². The largest absolute Gasteiger partial charge is 0.484 e. The number of hydrogen-bond acceptors (Lipinski definition) is 5. The molecule has 0 atom stereocenters. The van der Waals surface area contributed by atoms with Crippen molar-refractivity contribution in [1.82, 2.24) is 4.98 Å². The van der Waals surface area contributed by atoms with Crippen LogP contribution in [-0.2, 0) is 4.79 Å². The number of amides is 1. The third-order valence-corrected chi connectivity index (χ3v) is 5.02. The van der Waals surface area contributed by atoms with E-state index in [4.69, 9.17) is 9.15 Å². The number of hydrogen-bond donors (Lipinski definition) is 1. The van der Waals surface area contributed by atoms with Crippen LogP contribution in [0, 0.1) is 0 Å². The Morgan fingerprint density at radius 1 is 0.875 bits per heavy atom. The van der Waals surface area contributed by atoms with Crippen LogP contribution in [0.5, 0.6) is 5.75 Å². The number of nitrogens with one attached hydrogen (secondary N) is 1. The smallest absolute Gasteiger partial charge is 0.347 e. The summed E-state index contributed by atoms with van der Waals surface area (Å²) in [5.74, 6) is 0.509. The number of anilines is 1. The van der Waals surface area contributed by atoms with Crippen LogP contribution in [0.25, 0.3) is 33.1 Å². The monoisotopic (exact) mass is 422 g/mol. The Bertz CT molecular complexity index is 1510. The Hall–Kier alpha value is -4.45. The molecule has 0 unspecified atom stereocenters. The molecular weight excluding hydrogens is 404 g/mol. The lowest BCUT2D eigenvalue weighted by atomic mass is 10.1. The molecule has 1 N–H and O–H groups in total. The highest BCUT2D eigenvalue weighted by molar-refractivity contribution is 5.92. The van der Waals surface area contributed by atoms with Crippen LogP contribution in [0.4, 0.5) is 5.69 Å². The number of rotatable bonds is 5. The maximum absolute atomic E-state index is 12.4. The molecule has 32 heavy (non-hydrogen) atoms. The molecule has 0 fully saturated rings. The normalized spacial score (nSPS) is 10.9. The van der Waals surface area contributed by atoms with Crippen molar-refractivity contribution < 1.29 is 13.9 Å². The SMILES string of the molecule is O=C(COc1ccc2ccccc2c1)Nc1cccc(-c2nc3ccccc3c(=O)o2)c1. The number of para-hydroxylation sites is 1. The minimum Gasteiger partial charge on any atom is -0.484 e. The highest BCUT2D eigenvalue weighted by Gasteiger charge is 2.10. The van der Waals surface area contributed by atoms with Crippen LogP contribution in [0.2, 0.25) is 0 Å². The van der Waals surface area contributed by atoms with Gasteiger partial charge < -0.3 is 14.5 Å². The maximum Gasteiger partial charge on any atom is 0.347 e. The molecule has 0 aliphatic rings. The number of aromatic nitrogens is 1. The molecule has 5 aromatic rings. The van der Waals surface area contributed by atoms with Crippen molar-refractivity contribution in [2.45, 2.75) is 0 Å². The summed E-state index contributed by atoms with van der Waals surface area (Å²) in [7, 11) is 0. The predicted molar refractivity (Wildman–Crippen MR) is 124 cm³/mol. The highest BCUT2D eigenvalue weighted by Crippen LogP contribution is 2.23. The van der Waals surface area contributed by atoms with Gasteiger partial charge in [0.2, 0.25) is 5.89 Å². The van der Waals surface area contributed by atoms with Gasteiger partial charge in [0.1, 0.15) is 5.75 Å². The molecule has 6 heteroatoms. The summed E-state index contributed by atoms with van der Waals surface area (Å²) in [6.45, 7) is -0.133. The third-order valence-electron chi connectivity index (χ3n) is 5.02. The summed E-state index contributed by atoms with van der Waals surface area (Å²) in [6, 6.07) is 27.6. The van der Waals surface area contributed by atoms with Gasteiger partial charge >= 0.3 is 5.63 Å². The van der Waals surface area contributed by atoms with E-state index in [2.05, 4.69) is 10.3 Å². The molecular formula is C26H18N2O4. The molecule has 1 heterocycles. The lowest BCUT2D eigenvalue weighted by Crippen LogP contribution is -2.20. The Morgan fingerprint density at radius 3 is 2.59 bits per heavy atom. The number of carbonyl (C=O) groups is 1. The average Bonchev–Trinajstić information content (AvgIpc) is 2.83. The quantitative estimate of drug-likeness (QED) is 0.430. The van der Waals surface area contributed by atoms with E-state index in [0.29, 0.717) is 27.9 Å². The zero-order chi connectivity index (χ0) is 21.9. The number of fused-ring (bicyclic) bond motifs is 2. The van der Waals surface area contributed by atoms with Gasteiger partial charge in [0.15, 0.2) is 6.61 Å². The first-order valence-electron chi connectivity index (χ1n) is 10.1. The van der Waals surface area contributed by atoms with Gasteiger partial charge in [0.25, 0.3) is 5.91 Å². The van der Waals surface area contributed by atoms with E-state index in [0.717, 1.165) is 10.8 Å². The van der Waals surface area contributed by atoms with Crippen LogP contribution in [0.3, 0.4) is 0 Å². The van der Waals surface area contributed by atoms with Crippen LogP contribution in [0.1, 0.15) is 0 Å². The zero-order valence-corrected chi connectivity index (χ0v) is 16.9. The van der Waals surface area contributed by atoms with Gasteiger partial charge in [-0.3, -0.25) is 4.79 Å². The molecule has 0 bridgehead atoms. The van der Waals surface area contributed by atoms with Crippen molar-refractivity contribution in [2.24, 2.45) is 0 Å². The van der Waals surface area contributed by atoms with E-state index < -0.39 is 5.63 Å². The molecule has 4 aromatic carbocycles. The second-order valence-electron chi connectivity index (χ2n) is 7.25. The molecule has 0 aliphatic carbocycles. The second kappa shape index (κ2) is 8.35. The van der Waals surface area contributed by atoms with Crippen molar-refractivity contribution in [3.8, 4) is 17.2 Å². The standard InChI is InChI=1S/C26H18N2O4/c29-24(16-31-21-13-12-17-6-1-2-7-18(17)15-21)27-20-9-5-8-19(14-20)25-28-23-11-4-3-10-22(23)26(30)32-25/h1-15H,16H2,(H,27,29). The summed E-state index contributed by atoms with van der Waals surface area (Å²) >= 11 is 0. The van der Waals surface area contributed by atoms with E-state index >= 15 is 0 Å². The summed E-state index contributed by atoms with van der Waals surface area (Å²) in [6.07, 6.45) is 0. The van der Waals surface area contributed by atoms with Crippen molar-refractivity contribution in [3.05, 3.63) is 101 Å². The van der Waals surface area contributed by atoms with Crippen molar-refractivity contribution >= 4 is 33.3 Å². The van der Waals surface area contributed by atoms with Gasteiger partial charge in [-0.2, -0.15) is 0 Å². The van der Waals surface area contributed by atoms with Gasteiger partial charge in [-0.15, -0.1) is 0 Å². The Morgan fingerprint density at radius 2 is 1.69 bits per heavy atom. The molecule has 0 saturated carbocycles. The second-order valence-corrected chi connectivity index (χ2v) is 7.25. The van der Waals surface area contributed by atoms with Crippen LogP contribution >= 0.6 is 0 Å². The van der Waals surface area contributed by atoms with Crippen molar-refractivity contribution in [3.63, 3.8) is 0 Å². The molecule has 0 saturated heterocycles. The van der Waals surface area contributed by atoms with Gasteiger partial charge in [-0.25, -0.2) is 9.78 Å². The number of ether oxygens (including phenoxy) is 1. The minimum absolute atomic E-state index is 0.133. The topological polar surface area (TPSA) is 81.4 Å². The molecule has 1 aromatic heterocycles. The Kier molecular flexibility index (Phi) is 5.09. The number of nitrogens with zero attached hydrogens (tertiary/aromatic N) is 1. The van der Waals surface area contributed by atoms with Gasteiger partial charge in [0, 0.05) is 11.3 Å². The van der Waals surface area contributed by atoms with Crippen molar-refractivity contribution in [1.29, 1.82) is 0 Å². The highest BCUT2D eigenvalue weighted by atomic mass is 16.5. The number of carbonyl (C=O) groups excluding carboxylic acids is 1. The fraction of sp³-hybridized carbons (Fsp3) is 0.0385. The third kappa shape index (κ3) is 4.06. The minimum atomic E-state index is -0.455. The molecule has 0 radical (unpaired) electrons. The van der Waals surface area contributed by atoms with E-state index in [-0.39, 0.29) is 18.4 Å². The molecule has 5 rings (SSSR count). The fourth-order valence-corrected chi connectivity index (χ4v) is 3.48. The van der Waals surface area contributed by atoms with Crippen molar-refractivity contribution in [2.75, 3.05) is 11.9 Å². The molecule has 0 aliphatic heterocycles. The van der Waals surface area contributed by atoms with Crippen LogP contribution < -0.4 is 15.7 Å². The lowest BCUT2D eigenvalue weighted by Gasteiger charge is -2.09. The van der Waals surface area contributed by atoms with E-state index in [1.165, 1.54) is 0 Å². The molecule has 156 valence electrons. The first-order valence-corrected chi connectivity index (χ1v) is 10.1. The zero-order valence-electron chi connectivity index (χ0n) is 16.9. The number of benzene rings is 4. The van der Waals surface area contributed by atoms with Crippen LogP contribution in [0.15, 0.2) is 100 Å². The summed E-state index contributed by atoms with van der Waals surface area (Å²) in [5.41, 5.74) is 1.23. The van der Waals surface area contributed by atoms with Gasteiger partial charge in [-0.1, -0.05) is 48.5 Å². The molecule has 6 nitrogen and oxygen atoms in total. The van der Waals surface area contributed by atoms with Gasteiger partial charge in [-0.05, 0) is 53.2 Å². The maximum atomic E-state index is 12.4. The summed E-state index contributed by atoms with van der Waals surface area (Å²) in [4.78, 5) is 29.1. The fourth-order valence-electron chi connectivity index (χ4n) is 3.48. The van der Waals surface area contributed by atoms with E-state index in [1.807, 2.05) is 48.5 Å². The molecule has 1 amide bonds. The first kappa shape index (κ1) is 19.5.